The van der Waals surface area contributed by atoms with Crippen molar-refractivity contribution in [2.24, 2.45) is 0 Å². The molecule has 0 amide bonds. The van der Waals surface area contributed by atoms with Crippen LogP contribution in [0, 0.1) is 13.7 Å². The highest BCUT2D eigenvalue weighted by Gasteiger charge is 2.14. The minimum atomic E-state index is -0.519. The molecule has 0 unspecified atom stereocenters. The van der Waals surface area contributed by atoms with Crippen LogP contribution in [0.15, 0.2) is 12.1 Å². The monoisotopic (exact) mass is 331 g/mol. The lowest BCUT2D eigenvalue weighted by Gasteiger charge is -2.01. The Morgan fingerprint density at radius 3 is 2.62 bits per heavy atom. The molecule has 0 aliphatic rings. The number of alkyl halides is 1. The lowest BCUT2D eigenvalue weighted by atomic mass is 10.2. The summed E-state index contributed by atoms with van der Waals surface area (Å²) in [7, 11) is 0. The van der Waals surface area contributed by atoms with Gasteiger partial charge in [0.2, 0.25) is 0 Å². The molecule has 0 aromatic heterocycles. The summed E-state index contributed by atoms with van der Waals surface area (Å²) in [6.07, 6.45) is 0. The zero-order valence-corrected chi connectivity index (χ0v) is 9.93. The summed E-state index contributed by atoms with van der Waals surface area (Å²) in [6, 6.07) is 2.94. The lowest BCUT2D eigenvalue weighted by molar-refractivity contribution is -0.384. The fourth-order valence-corrected chi connectivity index (χ4v) is 2.34. The maximum absolute atomic E-state index is 10.5. The minimum absolute atomic E-state index is 0.0993. The van der Waals surface area contributed by atoms with Crippen LogP contribution in [0.25, 0.3) is 0 Å². The van der Waals surface area contributed by atoms with Crippen LogP contribution in [0.3, 0.4) is 0 Å². The van der Waals surface area contributed by atoms with Crippen LogP contribution in [0.4, 0.5) is 5.69 Å². The van der Waals surface area contributed by atoms with Gasteiger partial charge in [-0.25, -0.2) is 0 Å². The predicted octanol–water partition coefficient (Wildman–Crippen LogP) is 3.59. The molecule has 0 N–H and O–H groups in total. The molecule has 70 valence electrons. The third kappa shape index (κ3) is 2.45. The molecule has 0 bridgehead atoms. The normalized spacial score (nSPS) is 10.1. The van der Waals surface area contributed by atoms with Crippen LogP contribution >= 0.6 is 45.8 Å². The van der Waals surface area contributed by atoms with Crippen LogP contribution in [-0.4, -0.2) is 4.92 Å². The van der Waals surface area contributed by atoms with Gasteiger partial charge in [-0.2, -0.15) is 0 Å². The number of halogens is 3. The standard InChI is InChI=1S/C7H4Cl2INO2/c8-3-4-1-7(11(12)13)5(9)2-6(4)10/h1-2H,3H2. The first-order chi connectivity index (χ1) is 6.06. The van der Waals surface area contributed by atoms with Gasteiger partial charge in [-0.1, -0.05) is 11.6 Å². The Hall–Kier alpha value is -0.0700. The van der Waals surface area contributed by atoms with Crippen LogP contribution in [0.2, 0.25) is 5.02 Å². The molecule has 1 aromatic carbocycles. The second kappa shape index (κ2) is 4.43. The fourth-order valence-electron chi connectivity index (χ4n) is 0.823. The van der Waals surface area contributed by atoms with Crippen LogP contribution in [0.1, 0.15) is 5.56 Å². The summed E-state index contributed by atoms with van der Waals surface area (Å²) in [6.45, 7) is 0. The molecule has 3 nitrogen and oxygen atoms in total. The third-order valence-electron chi connectivity index (χ3n) is 1.46. The third-order valence-corrected chi connectivity index (χ3v) is 3.05. The smallest absolute Gasteiger partial charge is 0.258 e. The molecule has 0 aliphatic heterocycles. The van der Waals surface area contributed by atoms with E-state index in [1.54, 1.807) is 0 Å². The highest BCUT2D eigenvalue weighted by molar-refractivity contribution is 14.1. The zero-order chi connectivity index (χ0) is 10.0. The Morgan fingerprint density at radius 1 is 1.54 bits per heavy atom. The SMILES string of the molecule is O=[N+]([O-])c1cc(CCl)c(I)cc1Cl. The van der Waals surface area contributed by atoms with E-state index in [-0.39, 0.29) is 16.6 Å². The van der Waals surface area contributed by atoms with Crippen molar-refractivity contribution in [3.63, 3.8) is 0 Å². The van der Waals surface area contributed by atoms with Gasteiger partial charge in [0.25, 0.3) is 5.69 Å². The molecule has 0 spiro atoms. The van der Waals surface area contributed by atoms with Crippen molar-refractivity contribution in [3.05, 3.63) is 36.4 Å². The number of hydrogen-bond donors (Lipinski definition) is 0. The van der Waals surface area contributed by atoms with Crippen LogP contribution in [0.5, 0.6) is 0 Å². The van der Waals surface area contributed by atoms with Crippen molar-refractivity contribution in [1.29, 1.82) is 0 Å². The van der Waals surface area contributed by atoms with Gasteiger partial charge in [0.1, 0.15) is 5.02 Å². The molecule has 0 radical (unpaired) electrons. The second-order valence-corrected chi connectivity index (χ2v) is 4.12. The Labute approximate surface area is 98.3 Å². The summed E-state index contributed by atoms with van der Waals surface area (Å²) in [5.74, 6) is 0.246. The van der Waals surface area contributed by atoms with Crippen molar-refractivity contribution < 1.29 is 4.92 Å². The number of benzene rings is 1. The summed E-state index contributed by atoms with van der Waals surface area (Å²) >= 11 is 13.3. The van der Waals surface area contributed by atoms with Crippen molar-refractivity contribution >= 4 is 51.5 Å². The Morgan fingerprint density at radius 2 is 2.15 bits per heavy atom. The van der Waals surface area contributed by atoms with Gasteiger partial charge in [-0.15, -0.1) is 11.6 Å². The first-order valence-corrected chi connectivity index (χ1v) is 5.23. The van der Waals surface area contributed by atoms with Gasteiger partial charge in [0.05, 0.1) is 4.92 Å². The van der Waals surface area contributed by atoms with Gasteiger partial charge in [0, 0.05) is 15.5 Å². The summed E-state index contributed by atoms with van der Waals surface area (Å²) in [5, 5.41) is 10.6. The topological polar surface area (TPSA) is 43.1 Å². The highest BCUT2D eigenvalue weighted by atomic mass is 127. The van der Waals surface area contributed by atoms with E-state index in [0.717, 1.165) is 9.13 Å². The summed E-state index contributed by atoms with van der Waals surface area (Å²) in [5.41, 5.74) is 0.621. The molecule has 0 saturated heterocycles. The quantitative estimate of drug-likeness (QED) is 0.360. The van der Waals surface area contributed by atoms with E-state index < -0.39 is 4.92 Å². The second-order valence-electron chi connectivity index (χ2n) is 2.29. The average molecular weight is 332 g/mol. The number of nitro groups is 1. The first kappa shape index (κ1) is 11.0. The van der Waals surface area contributed by atoms with Gasteiger partial charge < -0.3 is 0 Å². The van der Waals surface area contributed by atoms with Gasteiger partial charge in [-0.05, 0) is 34.2 Å². The summed E-state index contributed by atoms with van der Waals surface area (Å²) in [4.78, 5) is 9.96. The largest absolute Gasteiger partial charge is 0.288 e. The molecular formula is C7H4Cl2INO2. The van der Waals surface area contributed by atoms with E-state index in [1.807, 2.05) is 22.6 Å². The maximum Gasteiger partial charge on any atom is 0.288 e. The number of nitro benzene ring substituents is 1. The molecule has 0 fully saturated rings. The van der Waals surface area contributed by atoms with Crippen molar-refractivity contribution in [2.75, 3.05) is 0 Å². The number of nitrogens with zero attached hydrogens (tertiary/aromatic N) is 1. The molecule has 0 atom stereocenters. The number of hydrogen-bond acceptors (Lipinski definition) is 2. The molecule has 13 heavy (non-hydrogen) atoms. The Bertz CT molecular complexity index is 357. The minimum Gasteiger partial charge on any atom is -0.258 e. The van der Waals surface area contributed by atoms with E-state index in [2.05, 4.69) is 0 Å². The average Bonchev–Trinajstić information content (AvgIpc) is 2.03. The van der Waals surface area contributed by atoms with E-state index >= 15 is 0 Å². The summed E-state index contributed by atoms with van der Waals surface area (Å²) < 4.78 is 0.836. The van der Waals surface area contributed by atoms with Crippen molar-refractivity contribution in [3.8, 4) is 0 Å². The van der Waals surface area contributed by atoms with E-state index in [9.17, 15) is 10.1 Å². The number of rotatable bonds is 2. The lowest BCUT2D eigenvalue weighted by Crippen LogP contribution is -1.93. The highest BCUT2D eigenvalue weighted by Crippen LogP contribution is 2.29. The molecule has 0 aliphatic carbocycles. The van der Waals surface area contributed by atoms with Gasteiger partial charge in [-0.3, -0.25) is 10.1 Å². The molecule has 0 saturated carbocycles. The predicted molar refractivity (Wildman–Crippen MR) is 60.4 cm³/mol. The Kier molecular flexibility index (Phi) is 3.75. The fraction of sp³-hybridized carbons (Fsp3) is 0.143. The first-order valence-electron chi connectivity index (χ1n) is 3.24. The molecule has 6 heteroatoms. The molecular weight excluding hydrogens is 328 g/mol. The van der Waals surface area contributed by atoms with E-state index in [1.165, 1.54) is 12.1 Å². The van der Waals surface area contributed by atoms with E-state index in [4.69, 9.17) is 23.2 Å². The molecule has 1 rings (SSSR count). The van der Waals surface area contributed by atoms with Gasteiger partial charge in [0.15, 0.2) is 0 Å². The van der Waals surface area contributed by atoms with Crippen molar-refractivity contribution in [2.45, 2.75) is 5.88 Å². The zero-order valence-electron chi connectivity index (χ0n) is 6.26. The van der Waals surface area contributed by atoms with E-state index in [0.29, 0.717) is 0 Å². The van der Waals surface area contributed by atoms with Crippen LogP contribution in [-0.2, 0) is 5.88 Å². The Balaban J connectivity index is 3.30. The molecule has 0 heterocycles. The maximum atomic E-state index is 10.5. The van der Waals surface area contributed by atoms with Crippen molar-refractivity contribution in [1.82, 2.24) is 0 Å². The van der Waals surface area contributed by atoms with Crippen LogP contribution < -0.4 is 0 Å². The van der Waals surface area contributed by atoms with Gasteiger partial charge >= 0.3 is 0 Å². The molecule has 1 aromatic rings.